The molecule has 1 atom stereocenters. The van der Waals surface area contributed by atoms with Crippen molar-refractivity contribution in [3.8, 4) is 0 Å². The van der Waals surface area contributed by atoms with Crippen LogP contribution in [0.3, 0.4) is 0 Å². The predicted octanol–water partition coefficient (Wildman–Crippen LogP) is 3.88. The van der Waals surface area contributed by atoms with Gasteiger partial charge < -0.3 is 9.73 Å². The Morgan fingerprint density at radius 3 is 2.93 bits per heavy atom. The molecule has 0 spiro atoms. The molecule has 1 heterocycles. The smallest absolute Gasteiger partial charge is 0.169 e. The first-order chi connectivity index (χ1) is 7.25. The van der Waals surface area contributed by atoms with Gasteiger partial charge in [0.25, 0.3) is 0 Å². The van der Waals surface area contributed by atoms with E-state index in [1.165, 1.54) is 25.7 Å². The monoisotopic (exact) mass is 271 g/mol. The highest BCUT2D eigenvalue weighted by molar-refractivity contribution is 9.10. The number of rotatable bonds is 6. The van der Waals surface area contributed by atoms with E-state index in [2.05, 4.69) is 28.2 Å². The SMILES string of the molecule is CC(NCCCC1CC1)c1ccc(Br)o1. The van der Waals surface area contributed by atoms with Gasteiger partial charge >= 0.3 is 0 Å². The highest BCUT2D eigenvalue weighted by Crippen LogP contribution is 2.33. The summed E-state index contributed by atoms with van der Waals surface area (Å²) in [5.41, 5.74) is 0. The van der Waals surface area contributed by atoms with Crippen molar-refractivity contribution in [2.45, 2.75) is 38.6 Å². The first-order valence-corrected chi connectivity index (χ1v) is 6.53. The number of hydrogen-bond acceptors (Lipinski definition) is 2. The summed E-state index contributed by atoms with van der Waals surface area (Å²) in [6, 6.07) is 4.27. The largest absolute Gasteiger partial charge is 0.453 e. The summed E-state index contributed by atoms with van der Waals surface area (Å²) in [6.07, 6.45) is 5.60. The molecule has 0 bridgehead atoms. The molecule has 1 N–H and O–H groups in total. The van der Waals surface area contributed by atoms with Crippen LogP contribution in [0, 0.1) is 5.92 Å². The lowest BCUT2D eigenvalue weighted by Gasteiger charge is -2.10. The van der Waals surface area contributed by atoms with Gasteiger partial charge in [0, 0.05) is 0 Å². The van der Waals surface area contributed by atoms with Gasteiger partial charge in [-0.2, -0.15) is 0 Å². The van der Waals surface area contributed by atoms with Crippen molar-refractivity contribution in [1.82, 2.24) is 5.32 Å². The maximum absolute atomic E-state index is 5.49. The third kappa shape index (κ3) is 3.65. The molecular formula is C12H18BrNO. The lowest BCUT2D eigenvalue weighted by Crippen LogP contribution is -2.19. The highest BCUT2D eigenvalue weighted by Gasteiger charge is 2.20. The van der Waals surface area contributed by atoms with E-state index in [0.29, 0.717) is 6.04 Å². The second kappa shape index (κ2) is 5.17. The maximum Gasteiger partial charge on any atom is 0.169 e. The van der Waals surface area contributed by atoms with Crippen molar-refractivity contribution >= 4 is 15.9 Å². The minimum absolute atomic E-state index is 0.315. The summed E-state index contributed by atoms with van der Waals surface area (Å²) in [5.74, 6) is 2.05. The van der Waals surface area contributed by atoms with Crippen LogP contribution in [0.2, 0.25) is 0 Å². The van der Waals surface area contributed by atoms with Gasteiger partial charge in [0.15, 0.2) is 4.67 Å². The van der Waals surface area contributed by atoms with E-state index in [1.807, 2.05) is 12.1 Å². The summed E-state index contributed by atoms with van der Waals surface area (Å²) < 4.78 is 6.30. The van der Waals surface area contributed by atoms with Crippen LogP contribution in [0.4, 0.5) is 0 Å². The molecule has 0 aromatic carbocycles. The van der Waals surface area contributed by atoms with Crippen molar-refractivity contribution in [3.05, 3.63) is 22.6 Å². The average molecular weight is 272 g/mol. The summed E-state index contributed by atoms with van der Waals surface area (Å²) in [6.45, 7) is 3.23. The molecule has 3 heteroatoms. The van der Waals surface area contributed by atoms with E-state index in [-0.39, 0.29) is 0 Å². The Kier molecular flexibility index (Phi) is 3.87. The van der Waals surface area contributed by atoms with Gasteiger partial charge in [-0.25, -0.2) is 0 Å². The van der Waals surface area contributed by atoms with Crippen LogP contribution in [-0.2, 0) is 0 Å². The van der Waals surface area contributed by atoms with Gasteiger partial charge in [0.1, 0.15) is 5.76 Å². The van der Waals surface area contributed by atoms with Crippen molar-refractivity contribution in [2.24, 2.45) is 5.92 Å². The van der Waals surface area contributed by atoms with Crippen LogP contribution in [0.15, 0.2) is 21.2 Å². The molecule has 1 fully saturated rings. The summed E-state index contributed by atoms with van der Waals surface area (Å²) in [4.78, 5) is 0. The lowest BCUT2D eigenvalue weighted by molar-refractivity contribution is 0.414. The molecular weight excluding hydrogens is 254 g/mol. The van der Waals surface area contributed by atoms with Crippen molar-refractivity contribution < 1.29 is 4.42 Å². The minimum Gasteiger partial charge on any atom is -0.453 e. The van der Waals surface area contributed by atoms with E-state index >= 15 is 0 Å². The van der Waals surface area contributed by atoms with Crippen molar-refractivity contribution in [1.29, 1.82) is 0 Å². The molecule has 1 aliphatic carbocycles. The second-order valence-corrected chi connectivity index (χ2v) is 5.18. The Morgan fingerprint density at radius 2 is 2.33 bits per heavy atom. The van der Waals surface area contributed by atoms with E-state index in [9.17, 15) is 0 Å². The van der Waals surface area contributed by atoms with Crippen LogP contribution in [0.25, 0.3) is 0 Å². The van der Waals surface area contributed by atoms with Crippen LogP contribution < -0.4 is 5.32 Å². The van der Waals surface area contributed by atoms with E-state index in [4.69, 9.17) is 4.42 Å². The van der Waals surface area contributed by atoms with Crippen LogP contribution in [0.1, 0.15) is 44.4 Å². The van der Waals surface area contributed by atoms with Crippen molar-refractivity contribution in [3.63, 3.8) is 0 Å². The van der Waals surface area contributed by atoms with Gasteiger partial charge in [-0.1, -0.05) is 12.8 Å². The van der Waals surface area contributed by atoms with Gasteiger partial charge in [-0.15, -0.1) is 0 Å². The Balaban J connectivity index is 1.64. The molecule has 0 aliphatic heterocycles. The number of furan rings is 1. The zero-order valence-corrected chi connectivity index (χ0v) is 10.7. The molecule has 1 aromatic rings. The Bertz CT molecular complexity index is 306. The molecule has 1 unspecified atom stereocenters. The molecule has 0 radical (unpaired) electrons. The number of nitrogens with one attached hydrogen (secondary N) is 1. The van der Waals surface area contributed by atoms with Crippen LogP contribution in [-0.4, -0.2) is 6.54 Å². The maximum atomic E-state index is 5.49. The summed E-state index contributed by atoms with van der Waals surface area (Å²) in [7, 11) is 0. The fourth-order valence-electron chi connectivity index (χ4n) is 1.78. The fourth-order valence-corrected chi connectivity index (χ4v) is 2.10. The van der Waals surface area contributed by atoms with Crippen LogP contribution in [0.5, 0.6) is 0 Å². The number of halogens is 1. The normalized spacial score (nSPS) is 18.0. The zero-order chi connectivity index (χ0) is 10.7. The Labute approximate surface area is 99.6 Å². The Morgan fingerprint density at radius 1 is 1.53 bits per heavy atom. The highest BCUT2D eigenvalue weighted by atomic mass is 79.9. The molecule has 15 heavy (non-hydrogen) atoms. The fraction of sp³-hybridized carbons (Fsp3) is 0.667. The van der Waals surface area contributed by atoms with Gasteiger partial charge in [-0.05, 0) is 60.3 Å². The van der Waals surface area contributed by atoms with Gasteiger partial charge in [0.05, 0.1) is 6.04 Å². The molecule has 1 aliphatic rings. The quantitative estimate of drug-likeness (QED) is 0.795. The molecule has 0 saturated heterocycles. The summed E-state index contributed by atoms with van der Waals surface area (Å²) in [5, 5.41) is 3.48. The van der Waals surface area contributed by atoms with Crippen LogP contribution >= 0.6 is 15.9 Å². The van der Waals surface area contributed by atoms with Crippen molar-refractivity contribution in [2.75, 3.05) is 6.54 Å². The minimum atomic E-state index is 0.315. The predicted molar refractivity (Wildman–Crippen MR) is 64.8 cm³/mol. The van der Waals surface area contributed by atoms with Gasteiger partial charge in [-0.3, -0.25) is 0 Å². The summed E-state index contributed by atoms with van der Waals surface area (Å²) >= 11 is 3.32. The standard InChI is InChI=1S/C12H18BrNO/c1-9(11-6-7-12(13)15-11)14-8-2-3-10-4-5-10/h6-7,9-10,14H,2-5,8H2,1H3. The van der Waals surface area contributed by atoms with Gasteiger partial charge in [0.2, 0.25) is 0 Å². The third-order valence-corrected chi connectivity index (χ3v) is 3.38. The van der Waals surface area contributed by atoms with E-state index in [0.717, 1.165) is 22.9 Å². The molecule has 1 saturated carbocycles. The Hall–Kier alpha value is -0.280. The number of hydrogen-bond donors (Lipinski definition) is 1. The lowest BCUT2D eigenvalue weighted by atomic mass is 10.2. The zero-order valence-electron chi connectivity index (χ0n) is 9.13. The topological polar surface area (TPSA) is 25.2 Å². The van der Waals surface area contributed by atoms with E-state index in [1.54, 1.807) is 0 Å². The average Bonchev–Trinajstić information content (AvgIpc) is 2.94. The molecule has 84 valence electrons. The first-order valence-electron chi connectivity index (χ1n) is 5.74. The molecule has 1 aromatic heterocycles. The third-order valence-electron chi connectivity index (χ3n) is 2.96. The molecule has 2 rings (SSSR count). The molecule has 2 nitrogen and oxygen atoms in total. The first kappa shape index (κ1) is 11.2. The molecule has 0 amide bonds. The second-order valence-electron chi connectivity index (χ2n) is 4.40. The van der Waals surface area contributed by atoms with E-state index < -0.39 is 0 Å².